The average Bonchev–Trinajstić information content (AvgIpc) is 3.58. The predicted octanol–water partition coefficient (Wildman–Crippen LogP) is 1.40. The minimum absolute atomic E-state index is 0.0266. The van der Waals surface area contributed by atoms with Gasteiger partial charge in [-0.15, -0.1) is 0 Å². The van der Waals surface area contributed by atoms with Gasteiger partial charge >= 0.3 is 12.1 Å². The first-order valence-electron chi connectivity index (χ1n) is 9.78. The topological polar surface area (TPSA) is 103 Å². The standard InChI is InChI=1S/C20H23F3N4O4/c1-26(10-15-11-31-9-8-27(15)18(29)14-6-7-14)17(28)13-4-2-12(3-5-13)16(24)25-19(30)20(21,22)23/h2-5,14-15H,6-11H2,1H3,(H2,24,25,30). The summed E-state index contributed by atoms with van der Waals surface area (Å²) in [4.78, 5) is 39.4. The van der Waals surface area contributed by atoms with E-state index < -0.39 is 17.9 Å². The van der Waals surface area contributed by atoms with Gasteiger partial charge in [-0.2, -0.15) is 13.2 Å². The zero-order valence-corrected chi connectivity index (χ0v) is 16.9. The van der Waals surface area contributed by atoms with Crippen LogP contribution in [0.25, 0.3) is 0 Å². The van der Waals surface area contributed by atoms with Gasteiger partial charge in [0, 0.05) is 37.2 Å². The van der Waals surface area contributed by atoms with Crippen LogP contribution in [0.2, 0.25) is 0 Å². The molecule has 168 valence electrons. The molecule has 1 aromatic carbocycles. The third-order valence-corrected chi connectivity index (χ3v) is 5.19. The molecule has 0 radical (unpaired) electrons. The van der Waals surface area contributed by atoms with Crippen LogP contribution in [0.15, 0.2) is 24.3 Å². The first kappa shape index (κ1) is 22.7. The zero-order valence-electron chi connectivity index (χ0n) is 16.9. The van der Waals surface area contributed by atoms with Crippen molar-refractivity contribution in [3.63, 3.8) is 0 Å². The average molecular weight is 440 g/mol. The van der Waals surface area contributed by atoms with Crippen molar-refractivity contribution in [1.82, 2.24) is 15.1 Å². The molecule has 0 aromatic heterocycles. The molecule has 1 saturated carbocycles. The van der Waals surface area contributed by atoms with Crippen molar-refractivity contribution in [3.8, 4) is 0 Å². The van der Waals surface area contributed by atoms with E-state index in [9.17, 15) is 27.6 Å². The quantitative estimate of drug-likeness (QED) is 0.534. The van der Waals surface area contributed by atoms with Crippen LogP contribution in [-0.2, 0) is 14.3 Å². The highest BCUT2D eigenvalue weighted by atomic mass is 19.4. The molecule has 2 fully saturated rings. The number of alkyl halides is 3. The number of morpholine rings is 1. The summed E-state index contributed by atoms with van der Waals surface area (Å²) in [6.07, 6.45) is -3.31. The van der Waals surface area contributed by atoms with E-state index in [1.807, 2.05) is 0 Å². The lowest BCUT2D eigenvalue weighted by Gasteiger charge is -2.37. The van der Waals surface area contributed by atoms with Gasteiger partial charge in [0.15, 0.2) is 0 Å². The highest BCUT2D eigenvalue weighted by Crippen LogP contribution is 2.32. The molecule has 8 nitrogen and oxygen atoms in total. The van der Waals surface area contributed by atoms with Gasteiger partial charge in [-0.05, 0) is 25.0 Å². The number of benzene rings is 1. The molecular weight excluding hydrogens is 417 g/mol. The molecule has 3 rings (SSSR count). The number of nitrogens with zero attached hydrogens (tertiary/aromatic N) is 2. The van der Waals surface area contributed by atoms with E-state index in [0.717, 1.165) is 12.8 Å². The monoisotopic (exact) mass is 440 g/mol. The normalized spacial score (nSPS) is 19.0. The molecule has 2 aliphatic rings. The van der Waals surface area contributed by atoms with Crippen LogP contribution in [0.3, 0.4) is 0 Å². The Hall–Kier alpha value is -2.95. The smallest absolute Gasteiger partial charge is 0.377 e. The summed E-state index contributed by atoms with van der Waals surface area (Å²) in [7, 11) is 1.59. The number of halogens is 3. The van der Waals surface area contributed by atoms with Crippen LogP contribution < -0.4 is 5.32 Å². The summed E-state index contributed by atoms with van der Waals surface area (Å²) >= 11 is 0. The van der Waals surface area contributed by atoms with Gasteiger partial charge in [0.05, 0.1) is 19.3 Å². The second-order valence-corrected chi connectivity index (χ2v) is 7.62. The van der Waals surface area contributed by atoms with Crippen molar-refractivity contribution < 1.29 is 32.3 Å². The molecule has 1 aliphatic carbocycles. The summed E-state index contributed by atoms with van der Waals surface area (Å²) in [6.45, 7) is 1.56. The van der Waals surface area contributed by atoms with Crippen molar-refractivity contribution in [2.24, 2.45) is 5.92 Å². The summed E-state index contributed by atoms with van der Waals surface area (Å²) < 4.78 is 42.4. The van der Waals surface area contributed by atoms with Gasteiger partial charge in [-0.3, -0.25) is 19.8 Å². The van der Waals surface area contributed by atoms with Crippen molar-refractivity contribution in [2.45, 2.75) is 25.1 Å². The lowest BCUT2D eigenvalue weighted by atomic mass is 10.1. The molecule has 2 N–H and O–H groups in total. The third-order valence-electron chi connectivity index (χ3n) is 5.19. The summed E-state index contributed by atoms with van der Waals surface area (Å²) in [6, 6.07) is 5.06. The maximum Gasteiger partial charge on any atom is 0.471 e. The number of hydrogen-bond acceptors (Lipinski definition) is 5. The summed E-state index contributed by atoms with van der Waals surface area (Å²) in [5.41, 5.74) is 0.289. The fourth-order valence-corrected chi connectivity index (χ4v) is 3.32. The number of carbonyl (C=O) groups is 3. The van der Waals surface area contributed by atoms with E-state index in [-0.39, 0.29) is 41.4 Å². The third kappa shape index (κ3) is 5.60. The van der Waals surface area contributed by atoms with E-state index in [1.54, 1.807) is 11.9 Å². The van der Waals surface area contributed by atoms with Crippen molar-refractivity contribution in [3.05, 3.63) is 35.4 Å². The molecule has 1 heterocycles. The number of amidine groups is 1. The molecule has 0 bridgehead atoms. The molecule has 1 aliphatic heterocycles. The summed E-state index contributed by atoms with van der Waals surface area (Å²) in [5.74, 6) is -3.14. The number of nitrogens with one attached hydrogen (secondary N) is 2. The maximum atomic E-state index is 12.7. The second kappa shape index (κ2) is 9.04. The Morgan fingerprint density at radius 2 is 1.81 bits per heavy atom. The lowest BCUT2D eigenvalue weighted by molar-refractivity contribution is -0.171. The second-order valence-electron chi connectivity index (χ2n) is 7.62. The zero-order chi connectivity index (χ0) is 22.8. The van der Waals surface area contributed by atoms with Gasteiger partial charge < -0.3 is 19.9 Å². The lowest BCUT2D eigenvalue weighted by Crippen LogP contribution is -2.54. The van der Waals surface area contributed by atoms with E-state index in [4.69, 9.17) is 10.1 Å². The van der Waals surface area contributed by atoms with Gasteiger partial charge in [-0.1, -0.05) is 12.1 Å². The van der Waals surface area contributed by atoms with Crippen molar-refractivity contribution >= 4 is 23.6 Å². The Bertz CT molecular complexity index is 868. The van der Waals surface area contributed by atoms with Crippen LogP contribution in [-0.4, -0.2) is 78.9 Å². The molecule has 1 unspecified atom stereocenters. The predicted molar refractivity (Wildman–Crippen MR) is 103 cm³/mol. The Kier molecular flexibility index (Phi) is 6.63. The number of likely N-dealkylation sites (N-methyl/N-ethyl adjacent to an activating group) is 1. The van der Waals surface area contributed by atoms with Crippen LogP contribution in [0.1, 0.15) is 28.8 Å². The molecule has 0 spiro atoms. The van der Waals surface area contributed by atoms with Crippen LogP contribution in [0.4, 0.5) is 13.2 Å². The first-order chi connectivity index (χ1) is 14.6. The number of ether oxygens (including phenoxy) is 1. The van der Waals surface area contributed by atoms with Gasteiger partial charge in [0.1, 0.15) is 5.84 Å². The molecular formula is C20H23F3N4O4. The van der Waals surface area contributed by atoms with Gasteiger partial charge in [0.2, 0.25) is 5.91 Å². The highest BCUT2D eigenvalue weighted by Gasteiger charge is 2.39. The van der Waals surface area contributed by atoms with E-state index >= 15 is 0 Å². The molecule has 1 atom stereocenters. The summed E-state index contributed by atoms with van der Waals surface area (Å²) in [5, 5.41) is 9.06. The SMILES string of the molecule is CN(CC1COCCN1C(=O)C1CC1)C(=O)c1ccc(C(=N)NC(=O)C(F)(F)F)cc1. The van der Waals surface area contributed by atoms with E-state index in [1.165, 1.54) is 34.5 Å². The Morgan fingerprint density at radius 1 is 1.19 bits per heavy atom. The molecule has 1 saturated heterocycles. The molecule has 11 heteroatoms. The maximum absolute atomic E-state index is 12.7. The Labute approximate surface area is 176 Å². The minimum atomic E-state index is -5.09. The Balaban J connectivity index is 1.60. The van der Waals surface area contributed by atoms with Crippen molar-refractivity contribution in [1.29, 1.82) is 5.41 Å². The van der Waals surface area contributed by atoms with Gasteiger partial charge in [0.25, 0.3) is 5.91 Å². The largest absolute Gasteiger partial charge is 0.471 e. The number of amides is 3. The first-order valence-corrected chi connectivity index (χ1v) is 9.78. The van der Waals surface area contributed by atoms with E-state index in [0.29, 0.717) is 19.8 Å². The number of rotatable bonds is 5. The minimum Gasteiger partial charge on any atom is -0.377 e. The fourth-order valence-electron chi connectivity index (χ4n) is 3.32. The number of carbonyl (C=O) groups excluding carboxylic acids is 3. The van der Waals surface area contributed by atoms with Crippen LogP contribution in [0.5, 0.6) is 0 Å². The number of hydrogen-bond donors (Lipinski definition) is 2. The highest BCUT2D eigenvalue weighted by molar-refractivity contribution is 6.08. The van der Waals surface area contributed by atoms with E-state index in [2.05, 4.69) is 0 Å². The molecule has 31 heavy (non-hydrogen) atoms. The van der Waals surface area contributed by atoms with Crippen LogP contribution >= 0.6 is 0 Å². The Morgan fingerprint density at radius 3 is 2.39 bits per heavy atom. The van der Waals surface area contributed by atoms with Crippen LogP contribution in [0, 0.1) is 11.3 Å². The van der Waals surface area contributed by atoms with Gasteiger partial charge in [-0.25, -0.2) is 0 Å². The molecule has 1 aromatic rings. The van der Waals surface area contributed by atoms with Crippen molar-refractivity contribution in [2.75, 3.05) is 33.4 Å². The molecule has 3 amide bonds. The fraction of sp³-hybridized carbons (Fsp3) is 0.500.